The Morgan fingerprint density at radius 2 is 1.95 bits per heavy atom. The van der Waals surface area contributed by atoms with E-state index in [-0.39, 0.29) is 30.5 Å². The second-order valence-corrected chi connectivity index (χ2v) is 12.2. The number of ether oxygens (including phenoxy) is 1. The molecule has 38 heavy (non-hydrogen) atoms. The molecule has 1 saturated carbocycles. The second-order valence-electron chi connectivity index (χ2n) is 10.6. The molecule has 1 amide bonds. The number of aliphatic hydroxyl groups is 2. The molecule has 208 valence electrons. The van der Waals surface area contributed by atoms with Gasteiger partial charge in [-0.25, -0.2) is 9.97 Å². The van der Waals surface area contributed by atoms with E-state index in [0.717, 1.165) is 31.6 Å². The molecule has 0 bridgehead atoms. The van der Waals surface area contributed by atoms with Crippen LogP contribution >= 0.6 is 0 Å². The Balaban J connectivity index is 1.56. The number of nitrogens with one attached hydrogen (secondary N) is 3. The van der Waals surface area contributed by atoms with E-state index in [4.69, 9.17) is 9.84 Å². The molecule has 12 heteroatoms. The van der Waals surface area contributed by atoms with Crippen molar-refractivity contribution >= 4 is 39.7 Å². The van der Waals surface area contributed by atoms with Gasteiger partial charge in [0.15, 0.2) is 11.6 Å². The molecule has 1 spiro atoms. The maximum absolute atomic E-state index is 13.3. The van der Waals surface area contributed by atoms with Crippen LogP contribution in [0.2, 0.25) is 0 Å². The number of carbonyl (C=O) groups excluding carboxylic acids is 1. The number of hydrogen-bond acceptors (Lipinski definition) is 10. The van der Waals surface area contributed by atoms with Crippen molar-refractivity contribution in [3.8, 4) is 5.75 Å². The molecule has 11 nitrogen and oxygen atoms in total. The molecule has 2 aromatic heterocycles. The second kappa shape index (κ2) is 11.8. The molecule has 0 radical (unpaired) electrons. The number of rotatable bonds is 12. The van der Waals surface area contributed by atoms with Crippen LogP contribution in [0.1, 0.15) is 50.0 Å². The van der Waals surface area contributed by atoms with Gasteiger partial charge in [0.2, 0.25) is 0 Å². The van der Waals surface area contributed by atoms with Crippen molar-refractivity contribution in [3.05, 3.63) is 30.1 Å². The van der Waals surface area contributed by atoms with E-state index >= 15 is 0 Å². The van der Waals surface area contributed by atoms with E-state index in [0.29, 0.717) is 28.5 Å². The van der Waals surface area contributed by atoms with Crippen LogP contribution < -0.4 is 25.6 Å². The zero-order valence-corrected chi connectivity index (χ0v) is 23.1. The summed E-state index contributed by atoms with van der Waals surface area (Å²) in [6.45, 7) is 5.13. The number of methoxy groups -OCH3 is 1. The summed E-state index contributed by atoms with van der Waals surface area (Å²) in [5.41, 5.74) is 1.42. The predicted octanol–water partition coefficient (Wildman–Crippen LogP) is 2.41. The van der Waals surface area contributed by atoms with E-state index in [2.05, 4.69) is 30.8 Å². The van der Waals surface area contributed by atoms with E-state index < -0.39 is 22.2 Å². The summed E-state index contributed by atoms with van der Waals surface area (Å²) in [6.07, 6.45) is 6.40. The number of aromatic nitrogens is 2. The zero-order valence-electron chi connectivity index (χ0n) is 22.2. The van der Waals surface area contributed by atoms with E-state index in [1.54, 1.807) is 18.3 Å². The van der Waals surface area contributed by atoms with Crippen LogP contribution in [0, 0.1) is 5.41 Å². The first-order valence-corrected chi connectivity index (χ1v) is 14.4. The number of nitrogens with zero attached hydrogens (tertiary/aromatic N) is 3. The molecule has 1 unspecified atom stereocenters. The Labute approximate surface area is 225 Å². The topological polar surface area (TPSA) is 149 Å². The number of piperidine rings is 1. The maximum Gasteiger partial charge on any atom is 0.274 e. The van der Waals surface area contributed by atoms with E-state index in [1.165, 1.54) is 20.0 Å². The molecule has 3 heterocycles. The van der Waals surface area contributed by atoms with Crippen molar-refractivity contribution in [1.29, 1.82) is 0 Å². The first kappa shape index (κ1) is 28.1. The van der Waals surface area contributed by atoms with Crippen LogP contribution in [0.3, 0.4) is 0 Å². The van der Waals surface area contributed by atoms with Gasteiger partial charge in [0.1, 0.15) is 11.5 Å². The number of anilines is 4. The maximum atomic E-state index is 13.3. The highest BCUT2D eigenvalue weighted by Gasteiger charge is 2.44. The third kappa shape index (κ3) is 6.91. The molecule has 1 aliphatic heterocycles. The molecule has 2 aliphatic rings. The first-order chi connectivity index (χ1) is 18.2. The fraction of sp³-hybridized carbons (Fsp3) is 0.577. The van der Waals surface area contributed by atoms with Crippen LogP contribution in [0.15, 0.2) is 24.4 Å². The van der Waals surface area contributed by atoms with Gasteiger partial charge >= 0.3 is 0 Å². The number of amides is 1. The molecule has 1 aliphatic carbocycles. The average molecular weight is 547 g/mol. The van der Waals surface area contributed by atoms with Gasteiger partial charge in [-0.15, -0.1) is 0 Å². The Bertz CT molecular complexity index is 1160. The van der Waals surface area contributed by atoms with Gasteiger partial charge in [-0.2, -0.15) is 0 Å². The summed E-state index contributed by atoms with van der Waals surface area (Å²) in [5.74, 6) is 1.35. The Kier molecular flexibility index (Phi) is 8.74. The third-order valence-electron chi connectivity index (χ3n) is 7.15. The average Bonchev–Trinajstić information content (AvgIpc) is 3.67. The van der Waals surface area contributed by atoms with Gasteiger partial charge in [0.05, 0.1) is 49.3 Å². The quantitative estimate of drug-likeness (QED) is 0.269. The largest absolute Gasteiger partial charge is 0.493 e. The highest BCUT2D eigenvalue weighted by molar-refractivity contribution is 7.85. The van der Waals surface area contributed by atoms with Crippen LogP contribution in [-0.2, 0) is 10.8 Å². The van der Waals surface area contributed by atoms with Crippen molar-refractivity contribution in [2.24, 2.45) is 5.41 Å². The van der Waals surface area contributed by atoms with E-state index in [1.807, 2.05) is 19.9 Å². The molecule has 0 aromatic carbocycles. The van der Waals surface area contributed by atoms with Gasteiger partial charge in [-0.3, -0.25) is 9.00 Å². The lowest BCUT2D eigenvalue weighted by Gasteiger charge is -2.35. The minimum Gasteiger partial charge on any atom is -0.493 e. The summed E-state index contributed by atoms with van der Waals surface area (Å²) in [7, 11) is 0.308. The van der Waals surface area contributed by atoms with Crippen LogP contribution in [0.5, 0.6) is 5.75 Å². The SMILES string of the molecule is COc1ccc(C(=O)Nc2cnc(NCS(=O)CCO)cc2N2CCC3(CC2)CC3)nc1NC(C)(C)CO. The van der Waals surface area contributed by atoms with Crippen LogP contribution in [0.25, 0.3) is 0 Å². The summed E-state index contributed by atoms with van der Waals surface area (Å²) in [5, 5.41) is 27.8. The molecule has 2 fully saturated rings. The van der Waals surface area contributed by atoms with Crippen molar-refractivity contribution in [1.82, 2.24) is 9.97 Å². The molecule has 2 aromatic rings. The predicted molar refractivity (Wildman–Crippen MR) is 149 cm³/mol. The highest BCUT2D eigenvalue weighted by atomic mass is 32.2. The van der Waals surface area contributed by atoms with Crippen molar-refractivity contribution in [2.75, 3.05) is 65.9 Å². The lowest BCUT2D eigenvalue weighted by atomic mass is 9.93. The summed E-state index contributed by atoms with van der Waals surface area (Å²) < 4.78 is 17.4. The van der Waals surface area contributed by atoms with Crippen LogP contribution in [0.4, 0.5) is 23.0 Å². The monoisotopic (exact) mass is 546 g/mol. The molecule has 1 atom stereocenters. The smallest absolute Gasteiger partial charge is 0.274 e. The molecular formula is C26H38N6O5S. The number of carbonyl (C=O) groups is 1. The van der Waals surface area contributed by atoms with Gasteiger partial charge in [0.25, 0.3) is 5.91 Å². The molecule has 4 rings (SSSR count). The Hall–Kier alpha value is -2.96. The lowest BCUT2D eigenvalue weighted by molar-refractivity contribution is 0.102. The third-order valence-corrected chi connectivity index (χ3v) is 8.25. The van der Waals surface area contributed by atoms with Crippen LogP contribution in [-0.4, -0.2) is 80.9 Å². The molecule has 5 N–H and O–H groups in total. The van der Waals surface area contributed by atoms with Crippen molar-refractivity contribution < 1.29 is 24.0 Å². The van der Waals surface area contributed by atoms with Crippen molar-refractivity contribution in [3.63, 3.8) is 0 Å². The van der Waals surface area contributed by atoms with E-state index in [9.17, 15) is 14.1 Å². The van der Waals surface area contributed by atoms with Gasteiger partial charge in [-0.05, 0) is 57.1 Å². The number of aliphatic hydroxyl groups excluding tert-OH is 2. The van der Waals surface area contributed by atoms with Gasteiger partial charge in [0, 0.05) is 35.7 Å². The van der Waals surface area contributed by atoms with Gasteiger partial charge < -0.3 is 35.8 Å². The normalized spacial score (nSPS) is 17.1. The number of pyridine rings is 2. The summed E-state index contributed by atoms with van der Waals surface area (Å²) >= 11 is 0. The van der Waals surface area contributed by atoms with Gasteiger partial charge in [-0.1, -0.05) is 0 Å². The van der Waals surface area contributed by atoms with Crippen molar-refractivity contribution in [2.45, 2.75) is 45.1 Å². The first-order valence-electron chi connectivity index (χ1n) is 12.9. The molecular weight excluding hydrogens is 508 g/mol. The highest BCUT2D eigenvalue weighted by Crippen LogP contribution is 2.54. The molecule has 1 saturated heterocycles. The fourth-order valence-electron chi connectivity index (χ4n) is 4.50. The Morgan fingerprint density at radius 3 is 2.58 bits per heavy atom. The zero-order chi connectivity index (χ0) is 27.3. The lowest BCUT2D eigenvalue weighted by Crippen LogP contribution is -2.36. The Morgan fingerprint density at radius 1 is 1.21 bits per heavy atom. The minimum atomic E-state index is -1.21. The minimum absolute atomic E-state index is 0.131. The summed E-state index contributed by atoms with van der Waals surface area (Å²) in [4.78, 5) is 24.5. The number of hydrogen-bond donors (Lipinski definition) is 5. The fourth-order valence-corrected chi connectivity index (χ4v) is 5.16. The summed E-state index contributed by atoms with van der Waals surface area (Å²) in [6, 6.07) is 5.12. The standard InChI is InChI=1S/C26H38N6O5S/c1-25(2,16-34)31-23-21(37-3)5-4-18(29-23)24(35)30-19-15-27-22(28-17-38(36)13-12-33)14-20(19)32-10-8-26(6-7-26)9-11-32/h4-5,14-15,33-34H,6-13,16-17H2,1-3H3,(H,27,28)(H,29,31)(H,30,35).